The second-order valence-corrected chi connectivity index (χ2v) is 5.11. The molecule has 1 aromatic heterocycles. The zero-order chi connectivity index (χ0) is 13.9. The fraction of sp³-hybridized carbons (Fsp3) is 0.235. The van der Waals surface area contributed by atoms with E-state index in [1.807, 2.05) is 28.9 Å². The number of aromatic nitrogens is 2. The quantitative estimate of drug-likeness (QED) is 0.772. The van der Waals surface area contributed by atoms with E-state index in [2.05, 4.69) is 36.3 Å². The van der Waals surface area contributed by atoms with Crippen LogP contribution in [0.5, 0.6) is 0 Å². The van der Waals surface area contributed by atoms with E-state index in [0.29, 0.717) is 6.54 Å². The Bertz CT molecular complexity index is 766. The van der Waals surface area contributed by atoms with E-state index < -0.39 is 0 Å². The van der Waals surface area contributed by atoms with Gasteiger partial charge in [0.15, 0.2) is 0 Å². The van der Waals surface area contributed by atoms with E-state index in [0.717, 1.165) is 23.7 Å². The van der Waals surface area contributed by atoms with Gasteiger partial charge in [-0.25, -0.2) is 0 Å². The summed E-state index contributed by atoms with van der Waals surface area (Å²) in [7, 11) is 0. The lowest BCUT2D eigenvalue weighted by Gasteiger charge is -2.06. The number of nitrogens with one attached hydrogen (secondary N) is 1. The van der Waals surface area contributed by atoms with Crippen molar-refractivity contribution in [2.75, 3.05) is 0 Å². The third-order valence-corrected chi connectivity index (χ3v) is 3.58. The maximum absolute atomic E-state index is 11.9. The monoisotopic (exact) mass is 266 g/mol. The van der Waals surface area contributed by atoms with E-state index in [-0.39, 0.29) is 5.56 Å². The van der Waals surface area contributed by atoms with Gasteiger partial charge in [0.25, 0.3) is 5.56 Å². The number of hydrogen-bond acceptors (Lipinski definition) is 1. The van der Waals surface area contributed by atoms with E-state index >= 15 is 0 Å². The van der Waals surface area contributed by atoms with Gasteiger partial charge in [0, 0.05) is 0 Å². The molecule has 0 atom stereocenters. The molecule has 102 valence electrons. The van der Waals surface area contributed by atoms with Crippen LogP contribution < -0.4 is 5.56 Å². The number of aryl methyl sites for hydroxylation is 1. The zero-order valence-electron chi connectivity index (χ0n) is 11.6. The van der Waals surface area contributed by atoms with Crippen LogP contribution in [0.4, 0.5) is 0 Å². The van der Waals surface area contributed by atoms with Gasteiger partial charge < -0.3 is 0 Å². The van der Waals surface area contributed by atoms with Gasteiger partial charge in [-0.1, -0.05) is 49.7 Å². The molecule has 0 saturated heterocycles. The van der Waals surface area contributed by atoms with Crippen LogP contribution in [0.2, 0.25) is 0 Å². The molecular formula is C17H18N2O. The van der Waals surface area contributed by atoms with E-state index in [1.54, 1.807) is 0 Å². The molecule has 0 bridgehead atoms. The van der Waals surface area contributed by atoms with Gasteiger partial charge in [0.1, 0.15) is 0 Å². The van der Waals surface area contributed by atoms with Crippen molar-refractivity contribution in [3.05, 3.63) is 70.0 Å². The third kappa shape index (κ3) is 2.39. The van der Waals surface area contributed by atoms with Gasteiger partial charge in [-0.05, 0) is 29.7 Å². The van der Waals surface area contributed by atoms with Crippen LogP contribution in [0.15, 0.2) is 53.3 Å². The summed E-state index contributed by atoms with van der Waals surface area (Å²) >= 11 is 0. The Kier molecular flexibility index (Phi) is 3.42. The van der Waals surface area contributed by atoms with E-state index in [9.17, 15) is 4.79 Å². The van der Waals surface area contributed by atoms with Crippen molar-refractivity contribution < 1.29 is 0 Å². The first kappa shape index (κ1) is 12.7. The topological polar surface area (TPSA) is 37.8 Å². The molecule has 0 amide bonds. The Labute approximate surface area is 117 Å². The molecule has 0 saturated carbocycles. The second kappa shape index (κ2) is 5.37. The Morgan fingerprint density at radius 3 is 2.45 bits per heavy atom. The summed E-state index contributed by atoms with van der Waals surface area (Å²) < 4.78 is 1.91. The van der Waals surface area contributed by atoms with Crippen LogP contribution >= 0.6 is 0 Å². The Balaban J connectivity index is 1.91. The summed E-state index contributed by atoms with van der Waals surface area (Å²) in [4.78, 5) is 11.9. The average Bonchev–Trinajstić information content (AvgIpc) is 2.79. The molecule has 2 aromatic carbocycles. The van der Waals surface area contributed by atoms with Gasteiger partial charge in [0.05, 0.1) is 17.4 Å². The molecule has 0 fully saturated rings. The van der Waals surface area contributed by atoms with Crippen molar-refractivity contribution in [3.8, 4) is 0 Å². The SMILES string of the molecule is CCCc1ccc(Cn2[nH]c(=O)c3ccccc32)cc1. The maximum Gasteiger partial charge on any atom is 0.271 e. The highest BCUT2D eigenvalue weighted by Gasteiger charge is 2.05. The van der Waals surface area contributed by atoms with Crippen molar-refractivity contribution in [2.24, 2.45) is 0 Å². The summed E-state index contributed by atoms with van der Waals surface area (Å²) in [6.07, 6.45) is 2.28. The Hall–Kier alpha value is -2.29. The zero-order valence-corrected chi connectivity index (χ0v) is 11.6. The van der Waals surface area contributed by atoms with Crippen LogP contribution in [0.25, 0.3) is 10.9 Å². The molecule has 0 radical (unpaired) electrons. The molecule has 0 aliphatic heterocycles. The normalized spacial score (nSPS) is 11.1. The maximum atomic E-state index is 11.9. The fourth-order valence-electron chi connectivity index (χ4n) is 2.55. The lowest BCUT2D eigenvalue weighted by atomic mass is 10.1. The van der Waals surface area contributed by atoms with Gasteiger partial charge in [-0.15, -0.1) is 0 Å². The summed E-state index contributed by atoms with van der Waals surface area (Å²) in [5.41, 5.74) is 3.49. The summed E-state index contributed by atoms with van der Waals surface area (Å²) in [5, 5.41) is 3.65. The summed E-state index contributed by atoms with van der Waals surface area (Å²) in [5.74, 6) is 0. The second-order valence-electron chi connectivity index (χ2n) is 5.11. The van der Waals surface area contributed by atoms with Crippen LogP contribution in [0.1, 0.15) is 24.5 Å². The average molecular weight is 266 g/mol. The highest BCUT2D eigenvalue weighted by Crippen LogP contribution is 2.12. The predicted octanol–water partition coefficient (Wildman–Crippen LogP) is 3.33. The number of rotatable bonds is 4. The van der Waals surface area contributed by atoms with Crippen LogP contribution in [0.3, 0.4) is 0 Å². The lowest BCUT2D eigenvalue weighted by molar-refractivity contribution is 0.702. The highest BCUT2D eigenvalue weighted by molar-refractivity contribution is 5.78. The molecule has 3 heteroatoms. The standard InChI is InChI=1S/C17H18N2O/c1-2-5-13-8-10-14(11-9-13)12-19-16-7-4-3-6-15(16)17(20)18-19/h3-4,6-11H,2,5,12H2,1H3,(H,18,20). The van der Waals surface area contributed by atoms with Crippen LogP contribution in [0, 0.1) is 0 Å². The first-order valence-corrected chi connectivity index (χ1v) is 7.03. The molecule has 0 aliphatic rings. The number of H-pyrrole nitrogens is 1. The minimum absolute atomic E-state index is 0.0248. The number of benzene rings is 2. The van der Waals surface area contributed by atoms with Crippen molar-refractivity contribution in [3.63, 3.8) is 0 Å². The van der Waals surface area contributed by atoms with Crippen molar-refractivity contribution in [2.45, 2.75) is 26.3 Å². The van der Waals surface area contributed by atoms with Crippen molar-refractivity contribution in [1.82, 2.24) is 9.78 Å². The Morgan fingerprint density at radius 1 is 1.00 bits per heavy atom. The molecule has 3 aromatic rings. The fourth-order valence-corrected chi connectivity index (χ4v) is 2.55. The number of para-hydroxylation sites is 1. The molecule has 0 aliphatic carbocycles. The highest BCUT2D eigenvalue weighted by atomic mass is 16.1. The number of aromatic amines is 1. The number of hydrogen-bond donors (Lipinski definition) is 1. The van der Waals surface area contributed by atoms with Gasteiger partial charge in [-0.2, -0.15) is 0 Å². The number of fused-ring (bicyclic) bond motifs is 1. The minimum atomic E-state index is -0.0248. The Morgan fingerprint density at radius 2 is 1.70 bits per heavy atom. The van der Waals surface area contributed by atoms with Gasteiger partial charge >= 0.3 is 0 Å². The summed E-state index contributed by atoms with van der Waals surface area (Å²) in [6.45, 7) is 2.87. The molecule has 1 heterocycles. The van der Waals surface area contributed by atoms with Crippen LogP contribution in [-0.2, 0) is 13.0 Å². The predicted molar refractivity (Wildman–Crippen MR) is 82.1 cm³/mol. The molecule has 20 heavy (non-hydrogen) atoms. The molecular weight excluding hydrogens is 248 g/mol. The lowest BCUT2D eigenvalue weighted by Crippen LogP contribution is -2.06. The molecule has 1 N–H and O–H groups in total. The molecule has 0 spiro atoms. The molecule has 0 unspecified atom stereocenters. The first-order valence-electron chi connectivity index (χ1n) is 7.03. The molecule has 3 rings (SSSR count). The van der Waals surface area contributed by atoms with Gasteiger partial charge in [0.2, 0.25) is 0 Å². The summed E-state index contributed by atoms with van der Waals surface area (Å²) in [6, 6.07) is 16.3. The largest absolute Gasteiger partial charge is 0.280 e. The van der Waals surface area contributed by atoms with Crippen LogP contribution in [-0.4, -0.2) is 9.78 Å². The first-order chi connectivity index (χ1) is 9.78. The van der Waals surface area contributed by atoms with Crippen molar-refractivity contribution >= 4 is 10.9 Å². The van der Waals surface area contributed by atoms with Gasteiger partial charge in [-0.3, -0.25) is 14.6 Å². The van der Waals surface area contributed by atoms with E-state index in [1.165, 1.54) is 11.1 Å². The van der Waals surface area contributed by atoms with Crippen molar-refractivity contribution in [1.29, 1.82) is 0 Å². The smallest absolute Gasteiger partial charge is 0.271 e. The third-order valence-electron chi connectivity index (χ3n) is 3.58. The number of nitrogens with zero attached hydrogens (tertiary/aromatic N) is 1. The molecule has 3 nitrogen and oxygen atoms in total. The van der Waals surface area contributed by atoms with E-state index in [4.69, 9.17) is 0 Å². The minimum Gasteiger partial charge on any atom is -0.280 e.